The van der Waals surface area contributed by atoms with Gasteiger partial charge in [0.25, 0.3) is 5.91 Å². The Labute approximate surface area is 120 Å². The Morgan fingerprint density at radius 2 is 2.05 bits per heavy atom. The number of halogens is 1. The van der Waals surface area contributed by atoms with Crippen molar-refractivity contribution in [3.63, 3.8) is 0 Å². The number of primary amides is 1. The SMILES string of the molecule is CC(C)CN(CC(N)=O)C(=O)c1ccc(Br)cc1O. The molecule has 0 aromatic heterocycles. The molecule has 0 fully saturated rings. The van der Waals surface area contributed by atoms with Crippen molar-refractivity contribution in [1.29, 1.82) is 0 Å². The van der Waals surface area contributed by atoms with Gasteiger partial charge in [-0.15, -0.1) is 0 Å². The Kier molecular flexibility index (Phi) is 5.35. The predicted octanol–water partition coefficient (Wildman–Crippen LogP) is 1.74. The van der Waals surface area contributed by atoms with Crippen LogP contribution in [0.4, 0.5) is 0 Å². The highest BCUT2D eigenvalue weighted by Crippen LogP contribution is 2.23. The van der Waals surface area contributed by atoms with E-state index < -0.39 is 11.8 Å². The fraction of sp³-hybridized carbons (Fsp3) is 0.385. The summed E-state index contributed by atoms with van der Waals surface area (Å²) in [5, 5.41) is 9.79. The molecule has 104 valence electrons. The highest BCUT2D eigenvalue weighted by atomic mass is 79.9. The van der Waals surface area contributed by atoms with Crippen LogP contribution in [0.5, 0.6) is 5.75 Å². The van der Waals surface area contributed by atoms with Crippen LogP contribution in [0, 0.1) is 5.92 Å². The van der Waals surface area contributed by atoms with Gasteiger partial charge in [0.05, 0.1) is 12.1 Å². The maximum atomic E-state index is 12.3. The first-order valence-electron chi connectivity index (χ1n) is 5.87. The minimum absolute atomic E-state index is 0.127. The standard InChI is InChI=1S/C13H17BrN2O3/c1-8(2)6-16(7-12(15)18)13(19)10-4-3-9(14)5-11(10)17/h3-5,8,17H,6-7H2,1-2H3,(H2,15,18). The van der Waals surface area contributed by atoms with Crippen LogP contribution >= 0.6 is 15.9 Å². The molecule has 0 bridgehead atoms. The number of aromatic hydroxyl groups is 1. The second-order valence-corrected chi connectivity index (χ2v) is 5.62. The molecule has 0 atom stereocenters. The van der Waals surface area contributed by atoms with E-state index in [9.17, 15) is 14.7 Å². The number of carbonyl (C=O) groups is 2. The van der Waals surface area contributed by atoms with Crippen molar-refractivity contribution in [3.8, 4) is 5.75 Å². The smallest absolute Gasteiger partial charge is 0.258 e. The zero-order valence-electron chi connectivity index (χ0n) is 10.9. The lowest BCUT2D eigenvalue weighted by Crippen LogP contribution is -2.40. The zero-order chi connectivity index (χ0) is 14.6. The van der Waals surface area contributed by atoms with Gasteiger partial charge >= 0.3 is 0 Å². The molecule has 0 heterocycles. The third-order valence-corrected chi connectivity index (χ3v) is 2.90. The monoisotopic (exact) mass is 328 g/mol. The largest absolute Gasteiger partial charge is 0.507 e. The fourth-order valence-electron chi connectivity index (χ4n) is 1.70. The van der Waals surface area contributed by atoms with Gasteiger partial charge in [-0.05, 0) is 24.1 Å². The third kappa shape index (κ3) is 4.55. The Hall–Kier alpha value is -1.56. The van der Waals surface area contributed by atoms with Crippen LogP contribution < -0.4 is 5.73 Å². The summed E-state index contributed by atoms with van der Waals surface area (Å²) in [5.41, 5.74) is 5.30. The van der Waals surface area contributed by atoms with Crippen LogP contribution in [0.1, 0.15) is 24.2 Å². The summed E-state index contributed by atoms with van der Waals surface area (Å²) in [6.07, 6.45) is 0. The van der Waals surface area contributed by atoms with E-state index in [0.29, 0.717) is 11.0 Å². The van der Waals surface area contributed by atoms with Crippen LogP contribution in [0.3, 0.4) is 0 Å². The number of amides is 2. The first kappa shape index (κ1) is 15.5. The van der Waals surface area contributed by atoms with Gasteiger partial charge in [0.2, 0.25) is 5.91 Å². The number of phenols is 1. The highest BCUT2D eigenvalue weighted by Gasteiger charge is 2.21. The molecule has 2 amide bonds. The van der Waals surface area contributed by atoms with Gasteiger partial charge in [0, 0.05) is 11.0 Å². The van der Waals surface area contributed by atoms with Crippen LogP contribution in [-0.4, -0.2) is 34.9 Å². The number of hydrogen-bond donors (Lipinski definition) is 2. The molecule has 19 heavy (non-hydrogen) atoms. The first-order chi connectivity index (χ1) is 8.81. The van der Waals surface area contributed by atoms with Gasteiger partial charge in [0.1, 0.15) is 5.75 Å². The summed E-state index contributed by atoms with van der Waals surface area (Å²) in [6, 6.07) is 4.60. The number of nitrogens with zero attached hydrogens (tertiary/aromatic N) is 1. The highest BCUT2D eigenvalue weighted by molar-refractivity contribution is 9.10. The van der Waals surface area contributed by atoms with E-state index in [2.05, 4.69) is 15.9 Å². The number of nitrogens with two attached hydrogens (primary N) is 1. The molecule has 5 nitrogen and oxygen atoms in total. The van der Waals surface area contributed by atoms with Crippen molar-refractivity contribution in [2.75, 3.05) is 13.1 Å². The van der Waals surface area contributed by atoms with Crippen molar-refractivity contribution in [2.45, 2.75) is 13.8 Å². The van der Waals surface area contributed by atoms with E-state index in [1.807, 2.05) is 13.8 Å². The topological polar surface area (TPSA) is 83.6 Å². The van der Waals surface area contributed by atoms with Gasteiger partial charge in [0.15, 0.2) is 0 Å². The molecule has 3 N–H and O–H groups in total. The quantitative estimate of drug-likeness (QED) is 0.863. The number of carbonyl (C=O) groups excluding carboxylic acids is 2. The lowest BCUT2D eigenvalue weighted by molar-refractivity contribution is -0.118. The molecule has 1 aromatic carbocycles. The van der Waals surface area contributed by atoms with E-state index in [1.165, 1.54) is 17.0 Å². The van der Waals surface area contributed by atoms with Crippen molar-refractivity contribution >= 4 is 27.7 Å². The van der Waals surface area contributed by atoms with Gasteiger partial charge in [-0.1, -0.05) is 29.8 Å². The van der Waals surface area contributed by atoms with E-state index in [-0.39, 0.29) is 23.8 Å². The van der Waals surface area contributed by atoms with Gasteiger partial charge in [-0.2, -0.15) is 0 Å². The second kappa shape index (κ2) is 6.56. The normalized spacial score (nSPS) is 10.5. The number of rotatable bonds is 5. The summed E-state index contributed by atoms with van der Waals surface area (Å²) in [6.45, 7) is 4.11. The second-order valence-electron chi connectivity index (χ2n) is 4.71. The molecule has 0 aliphatic rings. The summed E-state index contributed by atoms with van der Waals surface area (Å²) in [5.74, 6) is -0.915. The minimum Gasteiger partial charge on any atom is -0.507 e. The lowest BCUT2D eigenvalue weighted by Gasteiger charge is -2.23. The molecule has 1 rings (SSSR count). The Balaban J connectivity index is 3.00. The van der Waals surface area contributed by atoms with Crippen LogP contribution in [0.2, 0.25) is 0 Å². The Bertz CT molecular complexity index is 489. The Morgan fingerprint density at radius 3 is 2.53 bits per heavy atom. The van der Waals surface area contributed by atoms with Crippen LogP contribution in [-0.2, 0) is 4.79 Å². The van der Waals surface area contributed by atoms with Crippen LogP contribution in [0.15, 0.2) is 22.7 Å². The molecule has 1 aromatic rings. The van der Waals surface area contributed by atoms with Gasteiger partial charge in [-0.3, -0.25) is 9.59 Å². The molecule has 0 aliphatic carbocycles. The van der Waals surface area contributed by atoms with Gasteiger partial charge < -0.3 is 15.7 Å². The lowest BCUT2D eigenvalue weighted by atomic mass is 10.1. The average Bonchev–Trinajstić information content (AvgIpc) is 2.26. The molecule has 0 spiro atoms. The summed E-state index contributed by atoms with van der Waals surface area (Å²) in [4.78, 5) is 24.7. The van der Waals surface area contributed by atoms with Gasteiger partial charge in [-0.25, -0.2) is 0 Å². The minimum atomic E-state index is -0.578. The van der Waals surface area contributed by atoms with Crippen molar-refractivity contribution < 1.29 is 14.7 Å². The fourth-order valence-corrected chi connectivity index (χ4v) is 2.05. The molecule has 0 unspecified atom stereocenters. The molecule has 0 saturated carbocycles. The maximum absolute atomic E-state index is 12.3. The molecular formula is C13H17BrN2O3. The number of hydrogen-bond acceptors (Lipinski definition) is 3. The first-order valence-corrected chi connectivity index (χ1v) is 6.66. The predicted molar refractivity (Wildman–Crippen MR) is 75.7 cm³/mol. The van der Waals surface area contributed by atoms with Crippen molar-refractivity contribution in [2.24, 2.45) is 11.7 Å². The van der Waals surface area contributed by atoms with Crippen LogP contribution in [0.25, 0.3) is 0 Å². The molecule has 0 aliphatic heterocycles. The molecule has 6 heteroatoms. The molecule has 0 radical (unpaired) electrons. The summed E-state index contributed by atoms with van der Waals surface area (Å²) < 4.78 is 0.673. The number of benzene rings is 1. The average molecular weight is 329 g/mol. The molecule has 0 saturated heterocycles. The maximum Gasteiger partial charge on any atom is 0.258 e. The molecular weight excluding hydrogens is 312 g/mol. The third-order valence-electron chi connectivity index (χ3n) is 2.41. The zero-order valence-corrected chi connectivity index (χ0v) is 12.5. The van der Waals surface area contributed by atoms with E-state index in [0.717, 1.165) is 0 Å². The number of phenolic OH excluding ortho intramolecular Hbond substituents is 1. The van der Waals surface area contributed by atoms with E-state index >= 15 is 0 Å². The summed E-state index contributed by atoms with van der Waals surface area (Å²) in [7, 11) is 0. The summed E-state index contributed by atoms with van der Waals surface area (Å²) >= 11 is 3.20. The Morgan fingerprint density at radius 1 is 1.42 bits per heavy atom. The van der Waals surface area contributed by atoms with Crippen molar-refractivity contribution in [1.82, 2.24) is 4.90 Å². The van der Waals surface area contributed by atoms with Crippen molar-refractivity contribution in [3.05, 3.63) is 28.2 Å². The van der Waals surface area contributed by atoms with E-state index in [4.69, 9.17) is 5.73 Å². The van der Waals surface area contributed by atoms with E-state index in [1.54, 1.807) is 6.07 Å².